The molecule has 0 spiro atoms. The Morgan fingerprint density at radius 2 is 2.00 bits per heavy atom. The molecule has 5 rings (SSSR count). The maximum atomic E-state index is 12.9. The molecule has 188 valence electrons. The van der Waals surface area contributed by atoms with E-state index >= 15 is 0 Å². The van der Waals surface area contributed by atoms with E-state index < -0.39 is 12.2 Å². The molecule has 2 heterocycles. The predicted octanol–water partition coefficient (Wildman–Crippen LogP) is 3.52. The molecule has 10 heteroatoms. The van der Waals surface area contributed by atoms with Crippen LogP contribution in [0.15, 0.2) is 47.5 Å². The van der Waals surface area contributed by atoms with Crippen molar-refractivity contribution in [2.75, 3.05) is 23.5 Å². The monoisotopic (exact) mass is 508 g/mol. The fourth-order valence-corrected chi connectivity index (χ4v) is 5.73. The molecule has 1 aliphatic heterocycles. The van der Waals surface area contributed by atoms with Gasteiger partial charge in [0, 0.05) is 22.1 Å². The van der Waals surface area contributed by atoms with E-state index in [0.717, 1.165) is 4.90 Å². The van der Waals surface area contributed by atoms with Crippen molar-refractivity contribution in [1.29, 1.82) is 0 Å². The van der Waals surface area contributed by atoms with Gasteiger partial charge in [0.1, 0.15) is 6.10 Å². The average Bonchev–Trinajstić information content (AvgIpc) is 2.91. The van der Waals surface area contributed by atoms with Gasteiger partial charge in [-0.3, -0.25) is 9.59 Å². The van der Waals surface area contributed by atoms with E-state index in [1.54, 1.807) is 24.3 Å². The molecule has 2 aliphatic rings. The highest BCUT2D eigenvalue weighted by Gasteiger charge is 2.34. The molecule has 2 amide bonds. The first-order chi connectivity index (χ1) is 17.4. The van der Waals surface area contributed by atoms with Crippen LogP contribution in [-0.4, -0.2) is 51.0 Å². The molecular weight excluding hydrogens is 480 g/mol. The van der Waals surface area contributed by atoms with Gasteiger partial charge in [0.05, 0.1) is 41.9 Å². The fraction of sp³-hybridized carbons (Fsp3) is 0.385. The molecule has 1 fully saturated rings. The summed E-state index contributed by atoms with van der Waals surface area (Å²) < 4.78 is 5.17. The van der Waals surface area contributed by atoms with E-state index in [4.69, 9.17) is 4.74 Å². The smallest absolute Gasteiger partial charge is 0.234 e. The largest absolute Gasteiger partial charge is 0.480 e. The lowest BCUT2D eigenvalue weighted by Gasteiger charge is -2.33. The van der Waals surface area contributed by atoms with Crippen LogP contribution in [0.3, 0.4) is 0 Å². The molecule has 0 saturated heterocycles. The lowest BCUT2D eigenvalue weighted by Crippen LogP contribution is -2.34. The molecular formula is C26H28N4O5S. The number of rotatable bonds is 6. The zero-order valence-electron chi connectivity index (χ0n) is 19.8. The van der Waals surface area contributed by atoms with Crippen molar-refractivity contribution in [2.24, 2.45) is 11.8 Å². The van der Waals surface area contributed by atoms with Gasteiger partial charge in [-0.15, -0.1) is 11.8 Å². The number of aliphatic hydroxyl groups is 2. The second-order valence-electron chi connectivity index (χ2n) is 9.21. The first-order valence-corrected chi connectivity index (χ1v) is 12.9. The van der Waals surface area contributed by atoms with Crippen molar-refractivity contribution >= 4 is 46.0 Å². The number of nitrogens with one attached hydrogen (secondary N) is 2. The predicted molar refractivity (Wildman–Crippen MR) is 137 cm³/mol. The van der Waals surface area contributed by atoms with Crippen LogP contribution in [-0.2, 0) is 9.59 Å². The number of anilines is 2. The Morgan fingerprint density at radius 1 is 1.19 bits per heavy atom. The number of aliphatic hydroxyl groups excluding tert-OH is 2. The summed E-state index contributed by atoms with van der Waals surface area (Å²) in [6.45, 7) is 0. The molecule has 1 saturated carbocycles. The molecule has 36 heavy (non-hydrogen) atoms. The Bertz CT molecular complexity index is 1290. The van der Waals surface area contributed by atoms with Crippen molar-refractivity contribution in [3.8, 4) is 5.88 Å². The van der Waals surface area contributed by atoms with Gasteiger partial charge in [0.15, 0.2) is 0 Å². The van der Waals surface area contributed by atoms with Crippen LogP contribution >= 0.6 is 11.8 Å². The summed E-state index contributed by atoms with van der Waals surface area (Å²) in [4.78, 5) is 34.3. The summed E-state index contributed by atoms with van der Waals surface area (Å²) in [7, 11) is 1.50. The summed E-state index contributed by atoms with van der Waals surface area (Å²) in [6.07, 6.45) is 1.85. The third-order valence-electron chi connectivity index (χ3n) is 6.94. The van der Waals surface area contributed by atoms with Gasteiger partial charge in [0.25, 0.3) is 0 Å². The van der Waals surface area contributed by atoms with Crippen LogP contribution in [0.25, 0.3) is 11.0 Å². The number of carbonyl (C=O) groups is 2. The standard InChI is InChI=1S/C26H28N4O5S/c1-35-22-12-27-18-4-2-3-17(23(18)30-22)25(33)24(32)14-5-7-15(8-6-14)26(34)28-16-9-10-20-19(11-16)29-21(31)13-36-20/h2-4,9-12,14-15,24-25,32-33H,5-8,13H2,1H3,(H,28,34)(H,29,31)/t14?,15?,24-,25-/m1/s1. The van der Waals surface area contributed by atoms with E-state index in [0.29, 0.717) is 65.3 Å². The molecule has 3 aromatic rings. The molecule has 1 aromatic heterocycles. The van der Waals surface area contributed by atoms with Crippen LogP contribution in [0.1, 0.15) is 37.4 Å². The number of amides is 2. The van der Waals surface area contributed by atoms with Crippen LogP contribution in [0, 0.1) is 11.8 Å². The second kappa shape index (κ2) is 10.4. The number of para-hydroxylation sites is 1. The maximum absolute atomic E-state index is 12.9. The highest BCUT2D eigenvalue weighted by atomic mass is 32.2. The van der Waals surface area contributed by atoms with Crippen molar-refractivity contribution in [3.63, 3.8) is 0 Å². The Labute approximate surface area is 212 Å². The van der Waals surface area contributed by atoms with E-state index in [1.165, 1.54) is 25.1 Å². The number of carbonyl (C=O) groups excluding carboxylic acids is 2. The van der Waals surface area contributed by atoms with Crippen molar-refractivity contribution in [1.82, 2.24) is 9.97 Å². The average molecular weight is 509 g/mol. The molecule has 4 N–H and O–H groups in total. The molecule has 1 aliphatic carbocycles. The normalized spacial score (nSPS) is 21.2. The van der Waals surface area contributed by atoms with Crippen LogP contribution in [0.2, 0.25) is 0 Å². The summed E-state index contributed by atoms with van der Waals surface area (Å²) in [5, 5.41) is 27.8. The number of methoxy groups -OCH3 is 1. The van der Waals surface area contributed by atoms with Crippen molar-refractivity contribution < 1.29 is 24.5 Å². The Hall–Kier alpha value is -3.21. The van der Waals surface area contributed by atoms with Gasteiger partial charge in [-0.2, -0.15) is 0 Å². The van der Waals surface area contributed by atoms with Gasteiger partial charge in [-0.05, 0) is 55.9 Å². The van der Waals surface area contributed by atoms with Crippen LogP contribution < -0.4 is 15.4 Å². The number of hydrogen-bond donors (Lipinski definition) is 4. The molecule has 0 bridgehead atoms. The SMILES string of the molecule is COc1cnc2cccc([C@@H](O)[C@H](O)C3CCC(C(=O)Nc4ccc5c(c4)NC(=O)CS5)CC3)c2n1. The minimum atomic E-state index is -1.13. The lowest BCUT2D eigenvalue weighted by atomic mass is 9.77. The van der Waals surface area contributed by atoms with Crippen molar-refractivity contribution in [3.05, 3.63) is 48.2 Å². The summed E-state index contributed by atoms with van der Waals surface area (Å²) >= 11 is 1.48. The van der Waals surface area contributed by atoms with Crippen LogP contribution in [0.5, 0.6) is 5.88 Å². The van der Waals surface area contributed by atoms with Crippen molar-refractivity contribution in [2.45, 2.75) is 42.8 Å². The van der Waals surface area contributed by atoms with Gasteiger partial charge in [-0.1, -0.05) is 12.1 Å². The fourth-order valence-electron chi connectivity index (χ4n) is 4.95. The van der Waals surface area contributed by atoms with E-state index in [2.05, 4.69) is 20.6 Å². The topological polar surface area (TPSA) is 134 Å². The quantitative estimate of drug-likeness (QED) is 0.397. The number of benzene rings is 2. The van der Waals surface area contributed by atoms with Gasteiger partial charge < -0.3 is 25.6 Å². The molecule has 9 nitrogen and oxygen atoms in total. The number of thioether (sulfide) groups is 1. The third-order valence-corrected chi connectivity index (χ3v) is 8.01. The maximum Gasteiger partial charge on any atom is 0.234 e. The number of fused-ring (bicyclic) bond motifs is 2. The number of nitrogens with zero attached hydrogens (tertiary/aromatic N) is 2. The van der Waals surface area contributed by atoms with Gasteiger partial charge in [0.2, 0.25) is 17.7 Å². The Morgan fingerprint density at radius 3 is 2.78 bits per heavy atom. The molecule has 2 aromatic carbocycles. The summed E-state index contributed by atoms with van der Waals surface area (Å²) in [6, 6.07) is 10.8. The zero-order valence-corrected chi connectivity index (χ0v) is 20.6. The molecule has 0 unspecified atom stereocenters. The summed E-state index contributed by atoms with van der Waals surface area (Å²) in [5.41, 5.74) is 2.97. The Balaban J connectivity index is 1.21. The highest BCUT2D eigenvalue weighted by Crippen LogP contribution is 2.38. The van der Waals surface area contributed by atoms with Gasteiger partial charge in [-0.25, -0.2) is 9.97 Å². The molecule has 0 radical (unpaired) electrons. The van der Waals surface area contributed by atoms with E-state index in [9.17, 15) is 19.8 Å². The number of hydrogen-bond acceptors (Lipinski definition) is 8. The zero-order chi connectivity index (χ0) is 25.2. The first kappa shape index (κ1) is 24.5. The van der Waals surface area contributed by atoms with E-state index in [-0.39, 0.29) is 23.7 Å². The second-order valence-corrected chi connectivity index (χ2v) is 10.2. The van der Waals surface area contributed by atoms with Gasteiger partial charge >= 0.3 is 0 Å². The molecule has 2 atom stereocenters. The third kappa shape index (κ3) is 5.02. The number of ether oxygens (including phenoxy) is 1. The summed E-state index contributed by atoms with van der Waals surface area (Å²) in [5.74, 6) is 0.277. The van der Waals surface area contributed by atoms with Crippen LogP contribution in [0.4, 0.5) is 11.4 Å². The highest BCUT2D eigenvalue weighted by molar-refractivity contribution is 8.00. The van der Waals surface area contributed by atoms with E-state index in [1.807, 2.05) is 12.1 Å². The minimum absolute atomic E-state index is 0.0512. The lowest BCUT2D eigenvalue weighted by molar-refractivity contribution is -0.121. The Kier molecular flexibility index (Phi) is 7.08. The number of aromatic nitrogens is 2. The first-order valence-electron chi connectivity index (χ1n) is 12.0. The minimum Gasteiger partial charge on any atom is -0.480 e.